The number of rotatable bonds is 3. The molecular formula is C11H8ClF2N3O2S. The van der Waals surface area contributed by atoms with Crippen molar-refractivity contribution >= 4 is 27.6 Å². The van der Waals surface area contributed by atoms with Crippen LogP contribution in [0.2, 0.25) is 5.15 Å². The van der Waals surface area contributed by atoms with E-state index >= 15 is 0 Å². The van der Waals surface area contributed by atoms with Gasteiger partial charge in [0.05, 0.1) is 0 Å². The van der Waals surface area contributed by atoms with Crippen LogP contribution in [0, 0.1) is 18.6 Å². The van der Waals surface area contributed by atoms with Gasteiger partial charge in [-0.25, -0.2) is 31.9 Å². The summed E-state index contributed by atoms with van der Waals surface area (Å²) in [7, 11) is -4.49. The summed E-state index contributed by atoms with van der Waals surface area (Å²) in [6, 6.07) is 4.14. The first-order valence-electron chi connectivity index (χ1n) is 5.27. The number of benzene rings is 1. The normalized spacial score (nSPS) is 11.4. The van der Waals surface area contributed by atoms with Crippen LogP contribution in [0.3, 0.4) is 0 Å². The third-order valence-electron chi connectivity index (χ3n) is 2.24. The zero-order valence-corrected chi connectivity index (χ0v) is 11.6. The molecule has 106 valence electrons. The van der Waals surface area contributed by atoms with Gasteiger partial charge in [0, 0.05) is 5.69 Å². The summed E-state index contributed by atoms with van der Waals surface area (Å²) in [6.07, 6.45) is 0. The molecule has 9 heteroatoms. The van der Waals surface area contributed by atoms with E-state index in [1.54, 1.807) is 6.92 Å². The Balaban J connectivity index is 2.46. The van der Waals surface area contributed by atoms with Crippen LogP contribution in [0.15, 0.2) is 29.2 Å². The number of aryl methyl sites for hydroxylation is 1. The largest absolute Gasteiger partial charge is 0.270 e. The van der Waals surface area contributed by atoms with Gasteiger partial charge in [0.25, 0.3) is 10.0 Å². The first kappa shape index (κ1) is 14.6. The quantitative estimate of drug-likeness (QED) is 0.882. The molecule has 0 radical (unpaired) electrons. The average Bonchev–Trinajstić information content (AvgIpc) is 2.25. The molecule has 2 rings (SSSR count). The molecule has 0 bridgehead atoms. The Bertz CT molecular complexity index is 728. The van der Waals surface area contributed by atoms with Gasteiger partial charge in [-0.1, -0.05) is 17.7 Å². The standard InChI is InChI=1S/C11H8ClF2N3O2S/c1-6-5-9(12)16-11(15-6)17-20(18,19)10-7(13)3-2-4-8(10)14/h2-5H,1H3,(H,15,16,17). The van der Waals surface area contributed by atoms with Gasteiger partial charge < -0.3 is 0 Å². The summed E-state index contributed by atoms with van der Waals surface area (Å²) in [5, 5.41) is 0.00389. The van der Waals surface area contributed by atoms with Crippen molar-refractivity contribution in [2.75, 3.05) is 4.72 Å². The fourth-order valence-corrected chi connectivity index (χ4v) is 2.81. The monoisotopic (exact) mass is 319 g/mol. The van der Waals surface area contributed by atoms with Crippen molar-refractivity contribution in [1.29, 1.82) is 0 Å². The van der Waals surface area contributed by atoms with E-state index in [1.807, 2.05) is 4.72 Å². The van der Waals surface area contributed by atoms with Crippen LogP contribution in [-0.2, 0) is 10.0 Å². The second-order valence-electron chi connectivity index (χ2n) is 3.81. The Labute approximate surface area is 118 Å². The molecule has 0 aliphatic heterocycles. The molecule has 0 fully saturated rings. The molecule has 1 N–H and O–H groups in total. The molecule has 0 amide bonds. The molecule has 5 nitrogen and oxygen atoms in total. The van der Waals surface area contributed by atoms with E-state index in [9.17, 15) is 17.2 Å². The molecule has 0 unspecified atom stereocenters. The van der Waals surface area contributed by atoms with Crippen LogP contribution < -0.4 is 4.72 Å². The van der Waals surface area contributed by atoms with Crippen molar-refractivity contribution in [3.63, 3.8) is 0 Å². The van der Waals surface area contributed by atoms with Gasteiger partial charge >= 0.3 is 0 Å². The summed E-state index contributed by atoms with van der Waals surface area (Å²) in [5.41, 5.74) is 0.400. The van der Waals surface area contributed by atoms with Gasteiger partial charge in [0.15, 0.2) is 4.90 Å². The number of halogens is 3. The number of sulfonamides is 1. The highest BCUT2D eigenvalue weighted by Crippen LogP contribution is 2.21. The van der Waals surface area contributed by atoms with E-state index in [4.69, 9.17) is 11.6 Å². The maximum atomic E-state index is 13.5. The van der Waals surface area contributed by atoms with Crippen molar-refractivity contribution in [3.05, 3.63) is 46.7 Å². The van der Waals surface area contributed by atoms with Crippen LogP contribution in [0.5, 0.6) is 0 Å². The highest BCUT2D eigenvalue weighted by Gasteiger charge is 2.24. The Morgan fingerprint density at radius 2 is 1.80 bits per heavy atom. The van der Waals surface area contributed by atoms with Gasteiger partial charge in [-0.3, -0.25) is 0 Å². The number of aromatic nitrogens is 2. The van der Waals surface area contributed by atoms with E-state index in [1.165, 1.54) is 6.07 Å². The molecule has 0 saturated heterocycles. The van der Waals surface area contributed by atoms with Gasteiger partial charge in [-0.05, 0) is 25.1 Å². The lowest BCUT2D eigenvalue weighted by Crippen LogP contribution is -2.18. The molecule has 20 heavy (non-hydrogen) atoms. The van der Waals surface area contributed by atoms with Crippen molar-refractivity contribution in [2.24, 2.45) is 0 Å². The second-order valence-corrected chi connectivity index (χ2v) is 5.82. The molecule has 0 atom stereocenters. The summed E-state index contributed by atoms with van der Waals surface area (Å²) in [4.78, 5) is 6.30. The van der Waals surface area contributed by atoms with Gasteiger partial charge in [0.1, 0.15) is 16.8 Å². The number of nitrogens with one attached hydrogen (secondary N) is 1. The summed E-state index contributed by atoms with van der Waals surface area (Å²) >= 11 is 5.65. The maximum absolute atomic E-state index is 13.5. The van der Waals surface area contributed by atoms with Crippen LogP contribution in [0.4, 0.5) is 14.7 Å². The lowest BCUT2D eigenvalue weighted by Gasteiger charge is -2.08. The predicted octanol–water partition coefficient (Wildman–Crippen LogP) is 2.52. The van der Waals surface area contributed by atoms with E-state index < -0.39 is 26.6 Å². The molecule has 0 aliphatic rings. The van der Waals surface area contributed by atoms with Gasteiger partial charge in [-0.2, -0.15) is 0 Å². The number of nitrogens with zero attached hydrogens (tertiary/aromatic N) is 2. The number of anilines is 1. The highest BCUT2D eigenvalue weighted by atomic mass is 35.5. The smallest absolute Gasteiger partial charge is 0.247 e. The molecule has 0 spiro atoms. The summed E-state index contributed by atoms with van der Waals surface area (Å²) in [5.74, 6) is -2.79. The van der Waals surface area contributed by atoms with Crippen molar-refractivity contribution in [1.82, 2.24) is 9.97 Å². The highest BCUT2D eigenvalue weighted by molar-refractivity contribution is 7.92. The van der Waals surface area contributed by atoms with Gasteiger partial charge in [-0.15, -0.1) is 0 Å². The minimum atomic E-state index is -4.49. The fraction of sp³-hybridized carbons (Fsp3) is 0.0909. The van der Waals surface area contributed by atoms with Crippen molar-refractivity contribution in [3.8, 4) is 0 Å². The number of hydrogen-bond donors (Lipinski definition) is 1. The minimum Gasteiger partial charge on any atom is -0.247 e. The van der Waals surface area contributed by atoms with Crippen molar-refractivity contribution < 1.29 is 17.2 Å². The summed E-state index contributed by atoms with van der Waals surface area (Å²) in [6.45, 7) is 1.56. The molecule has 1 heterocycles. The first-order chi connectivity index (χ1) is 9.29. The first-order valence-corrected chi connectivity index (χ1v) is 7.14. The molecular weight excluding hydrogens is 312 g/mol. The second kappa shape index (κ2) is 5.29. The van der Waals surface area contributed by atoms with E-state index in [0.717, 1.165) is 18.2 Å². The van der Waals surface area contributed by atoms with E-state index in [2.05, 4.69) is 9.97 Å². The predicted molar refractivity (Wildman–Crippen MR) is 68.9 cm³/mol. The van der Waals surface area contributed by atoms with E-state index in [-0.39, 0.29) is 11.1 Å². The SMILES string of the molecule is Cc1cc(Cl)nc(NS(=O)(=O)c2c(F)cccc2F)n1. The lowest BCUT2D eigenvalue weighted by molar-refractivity contribution is 0.521. The third kappa shape index (κ3) is 3.02. The zero-order valence-electron chi connectivity index (χ0n) is 10.1. The topological polar surface area (TPSA) is 72.0 Å². The van der Waals surface area contributed by atoms with Crippen molar-refractivity contribution in [2.45, 2.75) is 11.8 Å². The maximum Gasteiger partial charge on any atom is 0.270 e. The van der Waals surface area contributed by atoms with E-state index in [0.29, 0.717) is 5.69 Å². The Morgan fingerprint density at radius 1 is 1.20 bits per heavy atom. The zero-order chi connectivity index (χ0) is 14.9. The van der Waals surface area contributed by atoms with Crippen LogP contribution in [0.25, 0.3) is 0 Å². The average molecular weight is 320 g/mol. The Hall–Kier alpha value is -1.80. The van der Waals surface area contributed by atoms with Gasteiger partial charge in [0.2, 0.25) is 5.95 Å². The molecule has 0 aliphatic carbocycles. The van der Waals surface area contributed by atoms with Crippen LogP contribution in [0.1, 0.15) is 5.69 Å². The fourth-order valence-electron chi connectivity index (χ4n) is 1.49. The third-order valence-corrected chi connectivity index (χ3v) is 3.81. The molecule has 1 aromatic carbocycles. The Morgan fingerprint density at radius 3 is 2.35 bits per heavy atom. The number of hydrogen-bond acceptors (Lipinski definition) is 4. The molecule has 2 aromatic rings. The Kier molecular flexibility index (Phi) is 3.87. The lowest BCUT2D eigenvalue weighted by atomic mass is 10.3. The van der Waals surface area contributed by atoms with Crippen LogP contribution >= 0.6 is 11.6 Å². The molecule has 1 aromatic heterocycles. The summed E-state index contributed by atoms with van der Waals surface area (Å²) < 4.78 is 52.7. The minimum absolute atomic E-state index is 0.00389. The molecule has 0 saturated carbocycles. The van der Waals surface area contributed by atoms with Crippen LogP contribution in [-0.4, -0.2) is 18.4 Å².